The molecule has 0 aliphatic heterocycles. The van der Waals surface area contributed by atoms with Gasteiger partial charge in [0.25, 0.3) is 0 Å². The molecule has 6 nitrogen and oxygen atoms in total. The lowest BCUT2D eigenvalue weighted by molar-refractivity contribution is -0.122. The van der Waals surface area contributed by atoms with Crippen molar-refractivity contribution < 1.29 is 17.9 Å². The van der Waals surface area contributed by atoms with Crippen molar-refractivity contribution in [3.8, 4) is 5.75 Å². The quantitative estimate of drug-likeness (QED) is 0.671. The Kier molecular flexibility index (Phi) is 7.49. The first-order chi connectivity index (χ1) is 12.7. The van der Waals surface area contributed by atoms with Gasteiger partial charge in [-0.3, -0.25) is 4.79 Å². The second kappa shape index (κ2) is 9.41. The van der Waals surface area contributed by atoms with Gasteiger partial charge in [-0.25, -0.2) is 8.42 Å². The van der Waals surface area contributed by atoms with Crippen LogP contribution in [0.5, 0.6) is 5.75 Å². The van der Waals surface area contributed by atoms with Crippen LogP contribution in [-0.4, -0.2) is 27.0 Å². The van der Waals surface area contributed by atoms with Crippen LogP contribution in [0.2, 0.25) is 10.0 Å². The molecule has 1 atom stereocenters. The lowest BCUT2D eigenvalue weighted by atomic mass is 10.2. The molecule has 0 radical (unpaired) electrons. The summed E-state index contributed by atoms with van der Waals surface area (Å²) < 4.78 is 33.0. The number of rotatable bonds is 8. The van der Waals surface area contributed by atoms with Gasteiger partial charge in [-0.05, 0) is 49.7 Å². The van der Waals surface area contributed by atoms with Gasteiger partial charge in [0.05, 0.1) is 12.6 Å². The smallest absolute Gasteiger partial charge is 0.245 e. The van der Waals surface area contributed by atoms with E-state index < -0.39 is 22.0 Å². The Balaban J connectivity index is 2.07. The Labute approximate surface area is 168 Å². The number of carbonyl (C=O) groups excluding carboxylic acids is 1. The lowest BCUT2D eigenvalue weighted by Gasteiger charge is -2.16. The minimum absolute atomic E-state index is 0.116. The molecule has 27 heavy (non-hydrogen) atoms. The normalized spacial score (nSPS) is 12.4. The summed E-state index contributed by atoms with van der Waals surface area (Å²) in [5, 5.41) is 3.52. The minimum atomic E-state index is -4.01. The molecule has 0 fully saturated rings. The standard InChI is InChI=1S/C18H20Cl2N2O4S/c1-3-26-16-9-8-15(20)10-17(16)27(24,25)22-12(2)18(23)21-11-13-4-6-14(19)7-5-13/h4-10,12,22H,3,11H2,1-2H3,(H,21,23). The summed E-state index contributed by atoms with van der Waals surface area (Å²) in [5.41, 5.74) is 0.844. The molecule has 2 aromatic carbocycles. The number of sulfonamides is 1. The van der Waals surface area contributed by atoms with Crippen molar-refractivity contribution in [2.24, 2.45) is 0 Å². The van der Waals surface area contributed by atoms with E-state index >= 15 is 0 Å². The molecule has 1 unspecified atom stereocenters. The average molecular weight is 431 g/mol. The fraction of sp³-hybridized carbons (Fsp3) is 0.278. The van der Waals surface area contributed by atoms with Crippen LogP contribution in [0.3, 0.4) is 0 Å². The SMILES string of the molecule is CCOc1ccc(Cl)cc1S(=O)(=O)NC(C)C(=O)NCc1ccc(Cl)cc1. The highest BCUT2D eigenvalue weighted by molar-refractivity contribution is 7.89. The number of nitrogens with one attached hydrogen (secondary N) is 2. The molecule has 0 heterocycles. The third kappa shape index (κ3) is 6.10. The second-order valence-electron chi connectivity index (χ2n) is 5.71. The zero-order chi connectivity index (χ0) is 20.0. The highest BCUT2D eigenvalue weighted by Gasteiger charge is 2.25. The molecule has 146 valence electrons. The van der Waals surface area contributed by atoms with Gasteiger partial charge >= 0.3 is 0 Å². The topological polar surface area (TPSA) is 84.5 Å². The van der Waals surface area contributed by atoms with Crippen LogP contribution in [0.1, 0.15) is 19.4 Å². The number of halogens is 2. The predicted octanol–water partition coefficient (Wildman–Crippen LogP) is 3.38. The van der Waals surface area contributed by atoms with Crippen LogP contribution in [0.4, 0.5) is 0 Å². The van der Waals surface area contributed by atoms with E-state index in [0.717, 1.165) is 5.56 Å². The molecule has 2 N–H and O–H groups in total. The Morgan fingerprint density at radius 1 is 1.11 bits per heavy atom. The van der Waals surface area contributed by atoms with Crippen LogP contribution in [-0.2, 0) is 21.4 Å². The summed E-state index contributed by atoms with van der Waals surface area (Å²) in [6.45, 7) is 3.75. The molecule has 0 aliphatic carbocycles. The van der Waals surface area contributed by atoms with Crippen LogP contribution in [0.25, 0.3) is 0 Å². The monoisotopic (exact) mass is 430 g/mol. The van der Waals surface area contributed by atoms with E-state index in [1.807, 2.05) is 0 Å². The van der Waals surface area contributed by atoms with E-state index in [4.69, 9.17) is 27.9 Å². The van der Waals surface area contributed by atoms with Gasteiger partial charge in [0.1, 0.15) is 10.6 Å². The number of carbonyl (C=O) groups is 1. The van der Waals surface area contributed by atoms with Crippen LogP contribution < -0.4 is 14.8 Å². The largest absolute Gasteiger partial charge is 0.492 e. The molecule has 9 heteroatoms. The molecular weight excluding hydrogens is 411 g/mol. The van der Waals surface area contributed by atoms with Gasteiger partial charge in [-0.15, -0.1) is 0 Å². The van der Waals surface area contributed by atoms with E-state index in [9.17, 15) is 13.2 Å². The Bertz CT molecular complexity index is 902. The van der Waals surface area contributed by atoms with E-state index in [0.29, 0.717) is 11.6 Å². The zero-order valence-electron chi connectivity index (χ0n) is 14.8. The lowest BCUT2D eigenvalue weighted by Crippen LogP contribution is -2.44. The highest BCUT2D eigenvalue weighted by atomic mass is 35.5. The van der Waals surface area contributed by atoms with Gasteiger partial charge in [0.2, 0.25) is 15.9 Å². The summed E-state index contributed by atoms with van der Waals surface area (Å²) in [4.78, 5) is 12.1. The third-order valence-corrected chi connectivity index (χ3v) is 5.65. The first kappa shape index (κ1) is 21.5. The van der Waals surface area contributed by atoms with Crippen LogP contribution >= 0.6 is 23.2 Å². The molecule has 0 saturated carbocycles. The number of amides is 1. The summed E-state index contributed by atoms with van der Waals surface area (Å²) in [6.07, 6.45) is 0. The van der Waals surface area contributed by atoms with Gasteiger partial charge in [-0.2, -0.15) is 4.72 Å². The molecule has 0 bridgehead atoms. The van der Waals surface area contributed by atoms with Crippen LogP contribution in [0.15, 0.2) is 47.4 Å². The number of hydrogen-bond donors (Lipinski definition) is 2. The molecule has 2 rings (SSSR count). The van der Waals surface area contributed by atoms with Gasteiger partial charge < -0.3 is 10.1 Å². The Hall–Kier alpha value is -1.80. The van der Waals surface area contributed by atoms with Crippen molar-refractivity contribution >= 4 is 39.1 Å². The second-order valence-corrected chi connectivity index (χ2v) is 8.27. The molecule has 0 aromatic heterocycles. The maximum absolute atomic E-state index is 12.7. The average Bonchev–Trinajstić information content (AvgIpc) is 2.62. The predicted molar refractivity (Wildman–Crippen MR) is 106 cm³/mol. The maximum atomic E-state index is 12.7. The van der Waals surface area contributed by atoms with Crippen molar-refractivity contribution in [3.05, 3.63) is 58.1 Å². The Morgan fingerprint density at radius 3 is 2.37 bits per heavy atom. The van der Waals surface area contributed by atoms with Gasteiger partial charge in [-0.1, -0.05) is 35.3 Å². The van der Waals surface area contributed by atoms with Crippen molar-refractivity contribution in [1.29, 1.82) is 0 Å². The molecule has 0 saturated heterocycles. The molecule has 0 aliphatic rings. The third-order valence-electron chi connectivity index (χ3n) is 3.60. The summed E-state index contributed by atoms with van der Waals surface area (Å²) in [7, 11) is -4.01. The van der Waals surface area contributed by atoms with Crippen molar-refractivity contribution in [2.75, 3.05) is 6.61 Å². The van der Waals surface area contributed by atoms with Gasteiger partial charge in [0.15, 0.2) is 0 Å². The maximum Gasteiger partial charge on any atom is 0.245 e. The summed E-state index contributed by atoms with van der Waals surface area (Å²) in [5.74, 6) is -0.295. The fourth-order valence-electron chi connectivity index (χ4n) is 2.26. The molecule has 2 aromatic rings. The first-order valence-corrected chi connectivity index (χ1v) is 10.4. The fourth-order valence-corrected chi connectivity index (χ4v) is 4.00. The first-order valence-electron chi connectivity index (χ1n) is 8.19. The van der Waals surface area contributed by atoms with E-state index in [1.165, 1.54) is 25.1 Å². The van der Waals surface area contributed by atoms with E-state index in [2.05, 4.69) is 10.0 Å². The van der Waals surface area contributed by atoms with Crippen molar-refractivity contribution in [2.45, 2.75) is 31.3 Å². The molecule has 0 spiro atoms. The summed E-state index contributed by atoms with van der Waals surface area (Å²) in [6, 6.07) is 10.3. The number of ether oxygens (including phenoxy) is 1. The minimum Gasteiger partial charge on any atom is -0.492 e. The van der Waals surface area contributed by atoms with Crippen LogP contribution in [0, 0.1) is 0 Å². The Morgan fingerprint density at radius 2 is 1.74 bits per heavy atom. The molecule has 1 amide bonds. The van der Waals surface area contributed by atoms with Crippen molar-refractivity contribution in [1.82, 2.24) is 10.0 Å². The summed E-state index contributed by atoms with van der Waals surface area (Å²) >= 11 is 11.7. The number of benzene rings is 2. The molecular formula is C18H20Cl2N2O4S. The number of hydrogen-bond acceptors (Lipinski definition) is 4. The highest BCUT2D eigenvalue weighted by Crippen LogP contribution is 2.27. The van der Waals surface area contributed by atoms with E-state index in [-0.39, 0.29) is 22.2 Å². The van der Waals surface area contributed by atoms with E-state index in [1.54, 1.807) is 31.2 Å². The van der Waals surface area contributed by atoms with Gasteiger partial charge in [0, 0.05) is 16.6 Å². The van der Waals surface area contributed by atoms with Crippen molar-refractivity contribution in [3.63, 3.8) is 0 Å². The zero-order valence-corrected chi connectivity index (χ0v) is 17.2.